The second-order valence-corrected chi connectivity index (χ2v) is 12.1. The summed E-state index contributed by atoms with van der Waals surface area (Å²) in [5.41, 5.74) is 0.733. The van der Waals surface area contributed by atoms with Crippen molar-refractivity contribution < 1.29 is 33.5 Å². The van der Waals surface area contributed by atoms with Crippen molar-refractivity contribution in [2.75, 3.05) is 6.54 Å². The maximum Gasteiger partial charge on any atom is 0.305 e. The zero-order chi connectivity index (χ0) is 32.7. The highest BCUT2D eigenvalue weighted by atomic mass is 16.4. The Kier molecular flexibility index (Phi) is 11.3. The number of nitrogens with zero attached hydrogens (tertiary/aromatic N) is 3. The van der Waals surface area contributed by atoms with Crippen molar-refractivity contribution in [3.8, 4) is 0 Å². The highest BCUT2D eigenvalue weighted by Gasteiger charge is 2.40. The number of amides is 4. The van der Waals surface area contributed by atoms with E-state index < -0.39 is 72.3 Å². The Labute approximate surface area is 262 Å². The molecule has 1 aromatic heterocycles. The summed E-state index contributed by atoms with van der Waals surface area (Å²) in [6.07, 6.45) is 1.39. The van der Waals surface area contributed by atoms with Gasteiger partial charge in [0, 0.05) is 6.42 Å². The average molecular weight is 626 g/mol. The number of carboxylic acid groups (broad SMARTS) is 1. The average Bonchev–Trinajstić information content (AvgIpc) is 3.67. The number of carbonyl (C=O) groups excluding carboxylic acids is 4. The van der Waals surface area contributed by atoms with Crippen LogP contribution >= 0.6 is 0 Å². The lowest BCUT2D eigenvalue weighted by Crippen LogP contribution is -2.59. The first-order valence-electron chi connectivity index (χ1n) is 15.5. The minimum atomic E-state index is -1.45. The fourth-order valence-corrected chi connectivity index (χ4v) is 5.88. The van der Waals surface area contributed by atoms with Crippen molar-refractivity contribution in [3.05, 3.63) is 47.7 Å². The number of benzene rings is 1. The van der Waals surface area contributed by atoms with Crippen LogP contribution < -0.4 is 21.3 Å². The van der Waals surface area contributed by atoms with E-state index in [1.54, 1.807) is 31.2 Å². The van der Waals surface area contributed by atoms with Gasteiger partial charge in [0.2, 0.25) is 35.4 Å². The largest absolute Gasteiger partial charge is 0.481 e. The van der Waals surface area contributed by atoms with Crippen molar-refractivity contribution in [2.24, 2.45) is 5.92 Å². The Morgan fingerprint density at radius 2 is 1.56 bits per heavy atom. The molecule has 0 spiro atoms. The molecule has 4 rings (SSSR count). The van der Waals surface area contributed by atoms with Crippen molar-refractivity contribution in [2.45, 2.75) is 102 Å². The SMILES string of the molecule is CCC1c2nnc(o2)[C@H](C)NC(=O)[C@H](CC(C)C)NC(=O)[C@H](Cc2ccccc2)NC(=O)[C@H](CC(=O)O)NC(=O)[C@@H]2CCCN12. The first-order valence-corrected chi connectivity index (χ1v) is 15.5. The molecule has 45 heavy (non-hydrogen) atoms. The van der Waals surface area contributed by atoms with E-state index in [1.165, 1.54) is 0 Å². The van der Waals surface area contributed by atoms with Gasteiger partial charge in [0.05, 0.1) is 18.5 Å². The lowest BCUT2D eigenvalue weighted by molar-refractivity contribution is -0.141. The standard InChI is InChI=1S/C31H43N7O7/c1-5-23-31-37-36-30(45-31)18(4)32-26(41)20(14-17(2)3)33-27(42)21(15-19-10-7-6-8-11-19)34-28(43)22(16-25(39)40)35-29(44)24-12-9-13-38(23)24/h6-8,10-11,17-18,20-24H,5,9,12-16H2,1-4H3,(H,32,41)(H,33,42)(H,34,43)(H,35,44)(H,39,40)/t18-,20-,21-,22-,23?,24-/m0/s1. The van der Waals surface area contributed by atoms with Crippen LogP contribution in [0, 0.1) is 5.92 Å². The van der Waals surface area contributed by atoms with E-state index in [0.29, 0.717) is 32.2 Å². The molecule has 0 aliphatic carbocycles. The highest BCUT2D eigenvalue weighted by Crippen LogP contribution is 2.32. The third-order valence-electron chi connectivity index (χ3n) is 8.12. The lowest BCUT2D eigenvalue weighted by atomic mass is 10.0. The normalized spacial score (nSPS) is 27.0. The number of hydrogen-bond acceptors (Lipinski definition) is 9. The zero-order valence-electron chi connectivity index (χ0n) is 26.1. The molecular weight excluding hydrogens is 582 g/mol. The van der Waals surface area contributed by atoms with Crippen LogP contribution in [-0.4, -0.2) is 80.5 Å². The van der Waals surface area contributed by atoms with E-state index in [4.69, 9.17) is 4.42 Å². The highest BCUT2D eigenvalue weighted by molar-refractivity contribution is 5.96. The van der Waals surface area contributed by atoms with E-state index in [0.717, 1.165) is 5.56 Å². The third-order valence-corrected chi connectivity index (χ3v) is 8.12. The molecule has 5 N–H and O–H groups in total. The molecule has 1 saturated heterocycles. The number of aliphatic carboxylic acids is 1. The van der Waals surface area contributed by atoms with Gasteiger partial charge in [-0.1, -0.05) is 51.1 Å². The molecule has 3 heterocycles. The van der Waals surface area contributed by atoms with E-state index in [9.17, 15) is 29.1 Å². The molecule has 1 aromatic carbocycles. The fraction of sp³-hybridized carbons (Fsp3) is 0.581. The molecule has 244 valence electrons. The third kappa shape index (κ3) is 8.65. The number of rotatable bonds is 7. The second kappa shape index (κ2) is 15.1. The van der Waals surface area contributed by atoms with Crippen molar-refractivity contribution in [1.29, 1.82) is 0 Å². The van der Waals surface area contributed by atoms with Gasteiger partial charge in [-0.2, -0.15) is 0 Å². The van der Waals surface area contributed by atoms with Crippen molar-refractivity contribution in [3.63, 3.8) is 0 Å². The van der Waals surface area contributed by atoms with Gasteiger partial charge in [0.1, 0.15) is 24.2 Å². The van der Waals surface area contributed by atoms with E-state index in [1.807, 2.05) is 31.7 Å². The quantitative estimate of drug-likeness (QED) is 0.300. The fourth-order valence-electron chi connectivity index (χ4n) is 5.88. The number of carboxylic acids is 1. The van der Waals surface area contributed by atoms with Crippen LogP contribution in [0.5, 0.6) is 0 Å². The molecule has 1 fully saturated rings. The molecule has 14 heteroatoms. The molecule has 0 radical (unpaired) electrons. The Balaban J connectivity index is 1.73. The second-order valence-electron chi connectivity index (χ2n) is 12.1. The van der Waals surface area contributed by atoms with Crippen LogP contribution in [0.15, 0.2) is 34.7 Å². The van der Waals surface area contributed by atoms with Crippen molar-refractivity contribution >= 4 is 29.6 Å². The van der Waals surface area contributed by atoms with Crippen LogP contribution in [0.25, 0.3) is 0 Å². The predicted molar refractivity (Wildman–Crippen MR) is 161 cm³/mol. The van der Waals surface area contributed by atoms with Crippen LogP contribution in [-0.2, 0) is 30.4 Å². The van der Waals surface area contributed by atoms with Crippen LogP contribution in [0.1, 0.15) is 89.2 Å². The molecular formula is C31H43N7O7. The Morgan fingerprint density at radius 3 is 2.22 bits per heavy atom. The smallest absolute Gasteiger partial charge is 0.305 e. The molecule has 2 aliphatic rings. The molecule has 0 saturated carbocycles. The van der Waals surface area contributed by atoms with Gasteiger partial charge in [-0.15, -0.1) is 10.2 Å². The molecule has 1 unspecified atom stereocenters. The molecule has 14 nitrogen and oxygen atoms in total. The predicted octanol–water partition coefficient (Wildman–Crippen LogP) is 1.39. The maximum atomic E-state index is 13.7. The van der Waals surface area contributed by atoms with Gasteiger partial charge in [-0.05, 0) is 50.6 Å². The summed E-state index contributed by atoms with van der Waals surface area (Å²) in [6, 6.07) is 3.64. The number of aromatic nitrogens is 2. The van der Waals surface area contributed by atoms with Crippen LogP contribution in [0.2, 0.25) is 0 Å². The van der Waals surface area contributed by atoms with Gasteiger partial charge >= 0.3 is 5.97 Å². The lowest BCUT2D eigenvalue weighted by Gasteiger charge is -2.31. The Bertz CT molecular complexity index is 1370. The van der Waals surface area contributed by atoms with E-state index in [-0.39, 0.29) is 24.1 Å². The number of fused-ring (bicyclic) bond motifs is 3. The molecule has 2 aromatic rings. The summed E-state index contributed by atoms with van der Waals surface area (Å²) in [5.74, 6) is -3.21. The topological polar surface area (TPSA) is 196 Å². The van der Waals surface area contributed by atoms with E-state index in [2.05, 4.69) is 31.5 Å². The summed E-state index contributed by atoms with van der Waals surface area (Å²) in [6.45, 7) is 8.00. The molecule has 2 aliphatic heterocycles. The van der Waals surface area contributed by atoms with Crippen molar-refractivity contribution in [1.82, 2.24) is 36.4 Å². The van der Waals surface area contributed by atoms with Crippen LogP contribution in [0.3, 0.4) is 0 Å². The van der Waals surface area contributed by atoms with Gasteiger partial charge < -0.3 is 30.8 Å². The summed E-state index contributed by atoms with van der Waals surface area (Å²) >= 11 is 0. The maximum absolute atomic E-state index is 13.7. The Hall–Kier alpha value is -4.33. The summed E-state index contributed by atoms with van der Waals surface area (Å²) in [4.78, 5) is 68.1. The first kappa shape index (κ1) is 33.6. The first-order chi connectivity index (χ1) is 21.5. The molecule has 4 amide bonds. The molecule has 2 bridgehead atoms. The Morgan fingerprint density at radius 1 is 0.933 bits per heavy atom. The number of carbonyl (C=O) groups is 5. The van der Waals surface area contributed by atoms with Gasteiger partial charge in [0.15, 0.2) is 0 Å². The van der Waals surface area contributed by atoms with E-state index >= 15 is 0 Å². The number of nitrogens with one attached hydrogen (secondary N) is 4. The zero-order valence-corrected chi connectivity index (χ0v) is 26.1. The summed E-state index contributed by atoms with van der Waals surface area (Å²) < 4.78 is 6.01. The minimum absolute atomic E-state index is 0.0280. The molecule has 6 atom stereocenters. The number of hydrogen-bond donors (Lipinski definition) is 5. The summed E-state index contributed by atoms with van der Waals surface area (Å²) in [7, 11) is 0. The minimum Gasteiger partial charge on any atom is -0.481 e. The monoisotopic (exact) mass is 625 g/mol. The summed E-state index contributed by atoms with van der Waals surface area (Å²) in [5, 5.41) is 29.0. The van der Waals surface area contributed by atoms with Gasteiger partial charge in [-0.3, -0.25) is 28.9 Å². The van der Waals surface area contributed by atoms with Crippen LogP contribution in [0.4, 0.5) is 0 Å². The van der Waals surface area contributed by atoms with Gasteiger partial charge in [-0.25, -0.2) is 0 Å². The van der Waals surface area contributed by atoms with Gasteiger partial charge in [0.25, 0.3) is 0 Å².